The van der Waals surface area contributed by atoms with E-state index in [2.05, 4.69) is 47.4 Å². The molecule has 0 bridgehead atoms. The number of rotatable bonds is 7. The van der Waals surface area contributed by atoms with Crippen molar-refractivity contribution in [2.24, 2.45) is 5.92 Å². The summed E-state index contributed by atoms with van der Waals surface area (Å²) in [5.74, 6) is -0.816. The summed E-state index contributed by atoms with van der Waals surface area (Å²) in [5.41, 5.74) is 4.10. The van der Waals surface area contributed by atoms with Crippen LogP contribution in [0.2, 0.25) is 0 Å². The third-order valence-electron chi connectivity index (χ3n) is 7.93. The number of hydrogen-bond acceptors (Lipinski definition) is 4. The Balaban J connectivity index is 1.46. The van der Waals surface area contributed by atoms with E-state index in [1.54, 1.807) is 36.4 Å². The second-order valence-electron chi connectivity index (χ2n) is 12.0. The van der Waals surface area contributed by atoms with Crippen molar-refractivity contribution in [3.63, 3.8) is 0 Å². The van der Waals surface area contributed by atoms with E-state index in [0.717, 1.165) is 28.3 Å². The number of aryl methyl sites for hydroxylation is 1. The lowest BCUT2D eigenvalue weighted by molar-refractivity contribution is -0.123. The number of hydrogen-bond donors (Lipinski definition) is 3. The summed E-state index contributed by atoms with van der Waals surface area (Å²) in [6, 6.07) is 19.7. The Morgan fingerprint density at radius 1 is 1.05 bits per heavy atom. The maximum absolute atomic E-state index is 15.0. The van der Waals surface area contributed by atoms with Crippen molar-refractivity contribution < 1.29 is 14.0 Å². The van der Waals surface area contributed by atoms with Crippen LogP contribution in [-0.2, 0) is 16.8 Å². The number of nitrogens with one attached hydrogen (secondary N) is 3. The Morgan fingerprint density at radius 3 is 2.50 bits per heavy atom. The van der Waals surface area contributed by atoms with Gasteiger partial charge < -0.3 is 20.5 Å². The lowest BCUT2D eigenvalue weighted by Gasteiger charge is -2.41. The van der Waals surface area contributed by atoms with Crippen LogP contribution in [0.25, 0.3) is 0 Å². The highest BCUT2D eigenvalue weighted by Crippen LogP contribution is 2.39. The van der Waals surface area contributed by atoms with E-state index in [-0.39, 0.29) is 16.9 Å². The van der Waals surface area contributed by atoms with Gasteiger partial charge in [0, 0.05) is 30.3 Å². The van der Waals surface area contributed by atoms with Gasteiger partial charge >= 0.3 is 0 Å². The summed E-state index contributed by atoms with van der Waals surface area (Å²) < 4.78 is 15.0. The summed E-state index contributed by atoms with van der Waals surface area (Å²) in [4.78, 5) is 36.8. The van der Waals surface area contributed by atoms with E-state index in [1.807, 2.05) is 42.5 Å². The topological polar surface area (TPSA) is 90.1 Å². The van der Waals surface area contributed by atoms with Gasteiger partial charge in [0.15, 0.2) is 0 Å². The van der Waals surface area contributed by atoms with Gasteiger partial charge in [-0.15, -0.1) is 0 Å². The van der Waals surface area contributed by atoms with Crippen LogP contribution in [0.5, 0.6) is 0 Å². The number of imidazole rings is 1. The van der Waals surface area contributed by atoms with Gasteiger partial charge in [0.25, 0.3) is 5.91 Å². The number of H-pyrrole nitrogens is 1. The summed E-state index contributed by atoms with van der Waals surface area (Å²) in [6.45, 7) is 9.09. The van der Waals surface area contributed by atoms with E-state index in [4.69, 9.17) is 0 Å². The molecule has 2 atom stereocenters. The lowest BCUT2D eigenvalue weighted by Crippen LogP contribution is -2.46. The number of piperidine rings is 1. The van der Waals surface area contributed by atoms with E-state index in [0.29, 0.717) is 31.5 Å². The molecule has 1 saturated heterocycles. The molecule has 7 nitrogen and oxygen atoms in total. The average molecular weight is 568 g/mol. The molecular weight excluding hydrogens is 529 g/mol. The maximum atomic E-state index is 15.0. The van der Waals surface area contributed by atoms with Crippen molar-refractivity contribution in [2.75, 3.05) is 17.2 Å². The molecule has 4 aromatic rings. The smallest absolute Gasteiger partial charge is 0.257 e. The standard InChI is InChI=1S/C34H38FN5O2/c1-22-8-5-12-28(35)30(22)33(42)40-19-7-11-27(32(41)39-26-10-6-9-24(20-26)34(2,3)4)31(40)23-13-15-25(16-14-23)38-21-29-36-17-18-37-29/h5-6,8-10,12-18,20,27,31,38H,7,11,19,21H2,1-4H3,(H,36,37)(H,39,41)/t27-,31-/m0/s1. The van der Waals surface area contributed by atoms with Gasteiger partial charge in [-0.3, -0.25) is 9.59 Å². The van der Waals surface area contributed by atoms with E-state index in [1.165, 1.54) is 6.07 Å². The van der Waals surface area contributed by atoms with E-state index < -0.39 is 23.7 Å². The fourth-order valence-corrected chi connectivity index (χ4v) is 5.63. The van der Waals surface area contributed by atoms with E-state index >= 15 is 0 Å². The average Bonchev–Trinajstić information content (AvgIpc) is 3.49. The molecule has 2 amide bonds. The minimum atomic E-state index is -0.560. The van der Waals surface area contributed by atoms with Crippen LogP contribution in [-0.4, -0.2) is 33.2 Å². The highest BCUT2D eigenvalue weighted by molar-refractivity contribution is 5.98. The molecule has 0 spiro atoms. The number of carbonyl (C=O) groups excluding carboxylic acids is 2. The predicted octanol–water partition coefficient (Wildman–Crippen LogP) is 7.00. The first-order chi connectivity index (χ1) is 20.1. The molecular formula is C34H38FN5O2. The number of anilines is 2. The van der Waals surface area contributed by atoms with Gasteiger partial charge in [-0.25, -0.2) is 9.37 Å². The second kappa shape index (κ2) is 12.2. The normalized spacial score (nSPS) is 17.1. The third kappa shape index (κ3) is 6.38. The fraction of sp³-hybridized carbons (Fsp3) is 0.324. The Bertz CT molecular complexity index is 1520. The molecule has 1 aliphatic heterocycles. The van der Waals surface area contributed by atoms with Gasteiger partial charge in [0.05, 0.1) is 24.1 Å². The third-order valence-corrected chi connectivity index (χ3v) is 7.93. The van der Waals surface area contributed by atoms with Gasteiger partial charge in [-0.2, -0.15) is 0 Å². The van der Waals surface area contributed by atoms with Crippen molar-refractivity contribution in [2.45, 2.75) is 58.5 Å². The number of aromatic amines is 1. The van der Waals surface area contributed by atoms with Crippen molar-refractivity contribution in [3.05, 3.63) is 113 Å². The lowest BCUT2D eigenvalue weighted by atomic mass is 9.83. The highest BCUT2D eigenvalue weighted by Gasteiger charge is 2.40. The SMILES string of the molecule is Cc1cccc(F)c1C(=O)N1CCC[C@H](C(=O)Nc2cccc(C(C)(C)C)c2)[C@@H]1c1ccc(NCc2ncc[nH]2)cc1. The molecule has 5 rings (SSSR count). The Hall–Kier alpha value is -4.46. The molecule has 0 saturated carbocycles. The Kier molecular flexibility index (Phi) is 8.43. The minimum absolute atomic E-state index is 0.0539. The Morgan fingerprint density at radius 2 is 1.81 bits per heavy atom. The van der Waals surface area contributed by atoms with Gasteiger partial charge in [0.2, 0.25) is 5.91 Å². The number of amides is 2. The summed E-state index contributed by atoms with van der Waals surface area (Å²) >= 11 is 0. The maximum Gasteiger partial charge on any atom is 0.257 e. The first-order valence-corrected chi connectivity index (χ1v) is 14.4. The largest absolute Gasteiger partial charge is 0.378 e. The van der Waals surface area contributed by atoms with Crippen molar-refractivity contribution in [1.82, 2.24) is 14.9 Å². The van der Waals surface area contributed by atoms with Crippen LogP contribution in [0.4, 0.5) is 15.8 Å². The van der Waals surface area contributed by atoms with Crippen LogP contribution < -0.4 is 10.6 Å². The predicted molar refractivity (Wildman–Crippen MR) is 164 cm³/mol. The summed E-state index contributed by atoms with van der Waals surface area (Å²) in [7, 11) is 0. The molecule has 0 unspecified atom stereocenters. The summed E-state index contributed by atoms with van der Waals surface area (Å²) in [6.07, 6.45) is 4.72. The van der Waals surface area contributed by atoms with Gasteiger partial charge in [-0.05, 0) is 72.2 Å². The van der Waals surface area contributed by atoms with Crippen molar-refractivity contribution in [3.8, 4) is 0 Å². The number of nitrogens with zero attached hydrogens (tertiary/aromatic N) is 2. The first kappa shape index (κ1) is 29.0. The zero-order valence-corrected chi connectivity index (χ0v) is 24.6. The number of aromatic nitrogens is 2. The minimum Gasteiger partial charge on any atom is -0.378 e. The highest BCUT2D eigenvalue weighted by atomic mass is 19.1. The molecule has 2 heterocycles. The number of benzene rings is 3. The van der Waals surface area contributed by atoms with Crippen LogP contribution in [0.1, 0.15) is 72.5 Å². The fourth-order valence-electron chi connectivity index (χ4n) is 5.63. The molecule has 8 heteroatoms. The Labute approximate surface area is 246 Å². The molecule has 3 aromatic carbocycles. The number of halogens is 1. The number of carbonyl (C=O) groups is 2. The molecule has 1 aliphatic rings. The van der Waals surface area contributed by atoms with Crippen LogP contribution in [0.15, 0.2) is 79.1 Å². The molecule has 0 aliphatic carbocycles. The second-order valence-corrected chi connectivity index (χ2v) is 12.0. The quantitative estimate of drug-likeness (QED) is 0.224. The molecule has 0 radical (unpaired) electrons. The van der Waals surface area contributed by atoms with Gasteiger partial charge in [-0.1, -0.05) is 57.2 Å². The molecule has 1 fully saturated rings. The van der Waals surface area contributed by atoms with Crippen LogP contribution >= 0.6 is 0 Å². The molecule has 42 heavy (non-hydrogen) atoms. The van der Waals surface area contributed by atoms with Gasteiger partial charge in [0.1, 0.15) is 11.6 Å². The van der Waals surface area contributed by atoms with E-state index in [9.17, 15) is 14.0 Å². The molecule has 218 valence electrons. The monoisotopic (exact) mass is 567 g/mol. The van der Waals surface area contributed by atoms with Crippen molar-refractivity contribution >= 4 is 23.2 Å². The molecule has 1 aromatic heterocycles. The first-order valence-electron chi connectivity index (χ1n) is 14.4. The number of likely N-dealkylation sites (tertiary alicyclic amines) is 1. The van der Waals surface area contributed by atoms with Crippen LogP contribution in [0.3, 0.4) is 0 Å². The zero-order valence-electron chi connectivity index (χ0n) is 24.6. The zero-order chi connectivity index (χ0) is 29.9. The molecule has 3 N–H and O–H groups in total. The van der Waals surface area contributed by atoms with Crippen molar-refractivity contribution in [1.29, 1.82) is 0 Å². The van der Waals surface area contributed by atoms with Crippen LogP contribution in [0, 0.1) is 18.7 Å². The summed E-state index contributed by atoms with van der Waals surface area (Å²) in [5, 5.41) is 6.45.